The van der Waals surface area contributed by atoms with Crippen LogP contribution in [-0.2, 0) is 15.9 Å². The van der Waals surface area contributed by atoms with Crippen molar-refractivity contribution < 1.29 is 14.3 Å². The Morgan fingerprint density at radius 1 is 1.50 bits per heavy atom. The van der Waals surface area contributed by atoms with E-state index in [0.29, 0.717) is 18.7 Å². The smallest absolute Gasteiger partial charge is 0.410 e. The maximum Gasteiger partial charge on any atom is 0.410 e. The van der Waals surface area contributed by atoms with Crippen LogP contribution in [0.2, 0.25) is 0 Å². The summed E-state index contributed by atoms with van der Waals surface area (Å²) in [4.78, 5) is 13.6. The average Bonchev–Trinajstić information content (AvgIpc) is 2.45. The van der Waals surface area contributed by atoms with Crippen LogP contribution >= 0.6 is 0 Å². The lowest BCUT2D eigenvalue weighted by Crippen LogP contribution is -2.38. The summed E-state index contributed by atoms with van der Waals surface area (Å²) >= 11 is 0. The van der Waals surface area contributed by atoms with Gasteiger partial charge in [-0.2, -0.15) is 5.26 Å². The van der Waals surface area contributed by atoms with Gasteiger partial charge in [0.15, 0.2) is 0 Å². The Morgan fingerprint density at radius 2 is 2.23 bits per heavy atom. The fourth-order valence-corrected chi connectivity index (χ4v) is 2.50. The number of likely N-dealkylation sites (N-methyl/N-ethyl adjacent to an activating group) is 1. The van der Waals surface area contributed by atoms with E-state index in [1.54, 1.807) is 7.05 Å². The van der Waals surface area contributed by atoms with Crippen LogP contribution in [0.1, 0.15) is 43.6 Å². The molecule has 1 atom stereocenters. The third-order valence-corrected chi connectivity index (χ3v) is 3.50. The molecule has 1 aliphatic heterocycles. The number of nitriles is 1. The molecule has 0 spiro atoms. The van der Waals surface area contributed by atoms with E-state index in [1.807, 2.05) is 39.0 Å². The van der Waals surface area contributed by atoms with E-state index in [0.717, 1.165) is 17.5 Å². The highest BCUT2D eigenvalue weighted by Gasteiger charge is 2.27. The molecule has 0 saturated carbocycles. The Morgan fingerprint density at radius 3 is 2.86 bits per heavy atom. The molecule has 2 rings (SSSR count). The zero-order valence-corrected chi connectivity index (χ0v) is 13.5. The minimum Gasteiger partial charge on any atom is -0.444 e. The predicted octanol–water partition coefficient (Wildman–Crippen LogP) is 3.04. The standard InChI is InChI=1S/C17H22N2O3/c1-17(2,3)22-16(20)19(4)11-15-14-7-5-6-12(10-18)13(14)8-9-21-15/h5-7,15H,8-9,11H2,1-4H3/t15-/m0/s1. The Balaban J connectivity index is 2.13. The highest BCUT2D eigenvalue weighted by molar-refractivity contribution is 5.67. The summed E-state index contributed by atoms with van der Waals surface area (Å²) in [6.07, 6.45) is 0.125. The summed E-state index contributed by atoms with van der Waals surface area (Å²) in [6.45, 7) is 6.47. The third kappa shape index (κ3) is 3.77. The van der Waals surface area contributed by atoms with E-state index in [1.165, 1.54) is 4.90 Å². The first-order valence-electron chi connectivity index (χ1n) is 7.39. The van der Waals surface area contributed by atoms with Crippen molar-refractivity contribution in [1.82, 2.24) is 4.90 Å². The lowest BCUT2D eigenvalue weighted by Gasteiger charge is -2.31. The Bertz CT molecular complexity index is 599. The van der Waals surface area contributed by atoms with E-state index in [-0.39, 0.29) is 12.2 Å². The van der Waals surface area contributed by atoms with E-state index < -0.39 is 5.60 Å². The van der Waals surface area contributed by atoms with Crippen LogP contribution in [0.25, 0.3) is 0 Å². The predicted molar refractivity (Wildman–Crippen MR) is 82.4 cm³/mol. The van der Waals surface area contributed by atoms with Crippen molar-refractivity contribution in [2.45, 2.75) is 38.9 Å². The summed E-state index contributed by atoms with van der Waals surface area (Å²) in [6, 6.07) is 7.86. The number of amides is 1. The fraction of sp³-hybridized carbons (Fsp3) is 0.529. The van der Waals surface area contributed by atoms with Crippen molar-refractivity contribution in [3.63, 3.8) is 0 Å². The SMILES string of the molecule is CN(C[C@@H]1OCCc2c(C#N)cccc21)C(=O)OC(C)(C)C. The fourth-order valence-electron chi connectivity index (χ4n) is 2.50. The molecule has 1 aromatic rings. The van der Waals surface area contributed by atoms with E-state index in [4.69, 9.17) is 9.47 Å². The first kappa shape index (κ1) is 16.3. The van der Waals surface area contributed by atoms with Gasteiger partial charge in [-0.25, -0.2) is 4.79 Å². The van der Waals surface area contributed by atoms with Gasteiger partial charge in [-0.05, 0) is 44.4 Å². The Labute approximate surface area is 131 Å². The van der Waals surface area contributed by atoms with Gasteiger partial charge in [0.25, 0.3) is 0 Å². The molecule has 5 heteroatoms. The summed E-state index contributed by atoms with van der Waals surface area (Å²) in [5.41, 5.74) is 2.18. The molecule has 1 heterocycles. The number of rotatable bonds is 2. The molecule has 0 fully saturated rings. The molecule has 1 amide bonds. The van der Waals surface area contributed by atoms with Crippen LogP contribution in [0.5, 0.6) is 0 Å². The summed E-state index contributed by atoms with van der Waals surface area (Å²) in [5, 5.41) is 9.20. The van der Waals surface area contributed by atoms with Crippen molar-refractivity contribution in [2.24, 2.45) is 0 Å². The van der Waals surface area contributed by atoms with Gasteiger partial charge in [-0.3, -0.25) is 0 Å². The molecule has 0 aromatic heterocycles. The molecular weight excluding hydrogens is 280 g/mol. The lowest BCUT2D eigenvalue weighted by atomic mass is 9.93. The van der Waals surface area contributed by atoms with Crippen LogP contribution in [-0.4, -0.2) is 36.8 Å². The van der Waals surface area contributed by atoms with Crippen molar-refractivity contribution in [3.05, 3.63) is 34.9 Å². The topological polar surface area (TPSA) is 62.6 Å². The van der Waals surface area contributed by atoms with Crippen molar-refractivity contribution in [2.75, 3.05) is 20.2 Å². The van der Waals surface area contributed by atoms with Gasteiger partial charge in [0, 0.05) is 7.05 Å². The van der Waals surface area contributed by atoms with Gasteiger partial charge >= 0.3 is 6.09 Å². The largest absolute Gasteiger partial charge is 0.444 e. The summed E-state index contributed by atoms with van der Waals surface area (Å²) in [7, 11) is 1.69. The molecule has 0 bridgehead atoms. The summed E-state index contributed by atoms with van der Waals surface area (Å²) < 4.78 is 11.1. The monoisotopic (exact) mass is 302 g/mol. The second-order valence-corrected chi connectivity index (χ2v) is 6.46. The van der Waals surface area contributed by atoms with E-state index >= 15 is 0 Å². The third-order valence-electron chi connectivity index (χ3n) is 3.50. The molecule has 0 saturated heterocycles. The van der Waals surface area contributed by atoms with Gasteiger partial charge in [-0.1, -0.05) is 12.1 Å². The first-order chi connectivity index (χ1) is 10.3. The molecule has 118 valence electrons. The number of carbonyl (C=O) groups excluding carboxylic acids is 1. The number of fused-ring (bicyclic) bond motifs is 1. The number of hydrogen-bond acceptors (Lipinski definition) is 4. The minimum atomic E-state index is -0.523. The number of nitrogens with zero attached hydrogens (tertiary/aromatic N) is 2. The maximum atomic E-state index is 12.1. The molecule has 0 radical (unpaired) electrons. The van der Waals surface area contributed by atoms with Crippen LogP contribution in [0, 0.1) is 11.3 Å². The van der Waals surface area contributed by atoms with E-state index in [9.17, 15) is 10.1 Å². The zero-order chi connectivity index (χ0) is 16.3. The molecule has 5 nitrogen and oxygen atoms in total. The molecule has 1 aliphatic rings. The molecule has 22 heavy (non-hydrogen) atoms. The van der Waals surface area contributed by atoms with Crippen LogP contribution in [0.3, 0.4) is 0 Å². The highest BCUT2D eigenvalue weighted by Crippen LogP contribution is 2.30. The molecule has 1 aromatic carbocycles. The van der Waals surface area contributed by atoms with Crippen LogP contribution < -0.4 is 0 Å². The van der Waals surface area contributed by atoms with Gasteiger partial charge in [0.1, 0.15) is 11.7 Å². The van der Waals surface area contributed by atoms with E-state index in [2.05, 4.69) is 6.07 Å². The van der Waals surface area contributed by atoms with Crippen molar-refractivity contribution in [3.8, 4) is 6.07 Å². The number of ether oxygens (including phenoxy) is 2. The lowest BCUT2D eigenvalue weighted by molar-refractivity contribution is -0.00167. The average molecular weight is 302 g/mol. The molecule has 0 unspecified atom stereocenters. The second-order valence-electron chi connectivity index (χ2n) is 6.46. The quantitative estimate of drug-likeness (QED) is 0.842. The van der Waals surface area contributed by atoms with Crippen molar-refractivity contribution >= 4 is 6.09 Å². The highest BCUT2D eigenvalue weighted by atomic mass is 16.6. The second kappa shape index (κ2) is 6.37. The zero-order valence-electron chi connectivity index (χ0n) is 13.5. The van der Waals surface area contributed by atoms with Gasteiger partial charge < -0.3 is 14.4 Å². The van der Waals surface area contributed by atoms with Gasteiger partial charge in [-0.15, -0.1) is 0 Å². The Kier molecular flexibility index (Phi) is 4.72. The normalized spacial score (nSPS) is 17.3. The maximum absolute atomic E-state index is 12.1. The first-order valence-corrected chi connectivity index (χ1v) is 7.39. The van der Waals surface area contributed by atoms with Gasteiger partial charge in [0.2, 0.25) is 0 Å². The molecule has 0 N–H and O–H groups in total. The Hall–Kier alpha value is -2.06. The number of hydrogen-bond donors (Lipinski definition) is 0. The summed E-state index contributed by atoms with van der Waals surface area (Å²) in [5.74, 6) is 0. The van der Waals surface area contributed by atoms with Crippen molar-refractivity contribution in [1.29, 1.82) is 5.26 Å². The molecular formula is C17H22N2O3. The van der Waals surface area contributed by atoms with Gasteiger partial charge in [0.05, 0.1) is 24.8 Å². The molecule has 0 aliphatic carbocycles. The number of benzene rings is 1. The van der Waals surface area contributed by atoms with Crippen LogP contribution in [0.15, 0.2) is 18.2 Å². The van der Waals surface area contributed by atoms with Crippen LogP contribution in [0.4, 0.5) is 4.79 Å². The minimum absolute atomic E-state index is 0.227. The number of carbonyl (C=O) groups is 1.